The number of nitrogens with two attached hydrogens (primary N) is 1. The maximum Gasteiger partial charge on any atom is 0.341 e. The highest BCUT2D eigenvalue weighted by Gasteiger charge is 2.36. The first-order chi connectivity index (χ1) is 12.7. The van der Waals surface area contributed by atoms with E-state index in [1.54, 1.807) is 0 Å². The van der Waals surface area contributed by atoms with E-state index < -0.39 is 51.0 Å². The first kappa shape index (κ1) is 17.8. The smallest absolute Gasteiger partial charge is 0.341 e. The fourth-order valence-corrected chi connectivity index (χ4v) is 3.73. The number of hydrogen-bond donors (Lipinski definition) is 2. The molecule has 4 rings (SSSR count). The zero-order chi connectivity index (χ0) is 19.6. The van der Waals surface area contributed by atoms with Gasteiger partial charge in [-0.3, -0.25) is 4.79 Å². The van der Waals surface area contributed by atoms with E-state index in [1.165, 1.54) is 9.47 Å². The molecule has 144 valence electrons. The van der Waals surface area contributed by atoms with Crippen molar-refractivity contribution in [2.75, 3.05) is 18.0 Å². The Morgan fingerprint density at radius 3 is 2.37 bits per heavy atom. The number of rotatable bonds is 3. The molecule has 1 saturated heterocycles. The fourth-order valence-electron chi connectivity index (χ4n) is 3.73. The number of anilines is 1. The standard InChI is InChI=1S/C18H18F3N3O3/c1-7-4-23(6-10(7)22)16-13(20)12(19)11-15(14(16)21)24(8-2-3-8)5-9(17(11)25)18(26)27/h5,7-8,10H,2-4,6,22H2,1H3,(H,26,27)/t7-,10-/m1/s1. The molecule has 2 aliphatic rings. The molecule has 1 saturated carbocycles. The number of nitrogens with zero attached hydrogens (tertiary/aromatic N) is 2. The van der Waals surface area contributed by atoms with E-state index >= 15 is 4.39 Å². The van der Waals surface area contributed by atoms with Crippen LogP contribution in [0.25, 0.3) is 10.9 Å². The van der Waals surface area contributed by atoms with Crippen LogP contribution in [-0.4, -0.2) is 34.8 Å². The summed E-state index contributed by atoms with van der Waals surface area (Å²) < 4.78 is 46.2. The van der Waals surface area contributed by atoms with Crippen LogP contribution in [0.5, 0.6) is 0 Å². The van der Waals surface area contributed by atoms with Gasteiger partial charge in [0.2, 0.25) is 5.43 Å². The van der Waals surface area contributed by atoms with Crippen molar-refractivity contribution in [1.82, 2.24) is 4.57 Å². The van der Waals surface area contributed by atoms with Gasteiger partial charge in [0.1, 0.15) is 11.3 Å². The minimum Gasteiger partial charge on any atom is -0.477 e. The summed E-state index contributed by atoms with van der Waals surface area (Å²) in [6.45, 7) is 2.23. The van der Waals surface area contributed by atoms with E-state index in [0.717, 1.165) is 6.20 Å². The van der Waals surface area contributed by atoms with Crippen LogP contribution < -0.4 is 16.1 Å². The second kappa shape index (κ2) is 5.98. The van der Waals surface area contributed by atoms with E-state index in [-0.39, 0.29) is 31.1 Å². The average Bonchev–Trinajstić information content (AvgIpc) is 3.38. The molecule has 2 aromatic rings. The molecule has 3 N–H and O–H groups in total. The molecule has 1 aliphatic carbocycles. The molecule has 1 aliphatic heterocycles. The molecule has 27 heavy (non-hydrogen) atoms. The Balaban J connectivity index is 2.07. The van der Waals surface area contributed by atoms with E-state index in [4.69, 9.17) is 5.73 Å². The highest BCUT2D eigenvalue weighted by Crippen LogP contribution is 2.41. The summed E-state index contributed by atoms with van der Waals surface area (Å²) in [6.07, 6.45) is 2.29. The van der Waals surface area contributed by atoms with Crippen molar-refractivity contribution in [3.8, 4) is 0 Å². The SMILES string of the molecule is C[C@@H]1CN(c2c(F)c(F)c3c(=O)c(C(=O)O)cn(C4CC4)c3c2F)C[C@H]1N. The van der Waals surface area contributed by atoms with Crippen LogP contribution in [0.2, 0.25) is 0 Å². The molecule has 2 atom stereocenters. The van der Waals surface area contributed by atoms with Crippen molar-refractivity contribution < 1.29 is 23.1 Å². The molecule has 1 aromatic heterocycles. The maximum absolute atomic E-state index is 15.4. The molecule has 6 nitrogen and oxygen atoms in total. The Morgan fingerprint density at radius 1 is 1.19 bits per heavy atom. The Morgan fingerprint density at radius 2 is 1.85 bits per heavy atom. The third-order valence-corrected chi connectivity index (χ3v) is 5.43. The summed E-state index contributed by atoms with van der Waals surface area (Å²) in [7, 11) is 0. The van der Waals surface area contributed by atoms with Gasteiger partial charge in [-0.15, -0.1) is 0 Å². The molecule has 0 spiro atoms. The van der Waals surface area contributed by atoms with Crippen molar-refractivity contribution in [2.45, 2.75) is 31.8 Å². The summed E-state index contributed by atoms with van der Waals surface area (Å²) in [5.74, 6) is -5.70. The third kappa shape index (κ3) is 2.60. The van der Waals surface area contributed by atoms with Crippen molar-refractivity contribution in [3.63, 3.8) is 0 Å². The minimum absolute atomic E-state index is 0.0393. The average molecular weight is 381 g/mol. The lowest BCUT2D eigenvalue weighted by atomic mass is 10.1. The van der Waals surface area contributed by atoms with Crippen molar-refractivity contribution >= 4 is 22.6 Å². The molecule has 0 amide bonds. The zero-order valence-corrected chi connectivity index (χ0v) is 14.5. The highest BCUT2D eigenvalue weighted by molar-refractivity contribution is 5.94. The van der Waals surface area contributed by atoms with Crippen LogP contribution in [0.4, 0.5) is 18.9 Å². The Hall–Kier alpha value is -2.55. The lowest BCUT2D eigenvalue weighted by Crippen LogP contribution is -2.30. The Labute approximate surface area is 152 Å². The van der Waals surface area contributed by atoms with Gasteiger partial charge < -0.3 is 20.3 Å². The zero-order valence-electron chi connectivity index (χ0n) is 14.5. The maximum atomic E-state index is 15.4. The lowest BCUT2D eigenvalue weighted by Gasteiger charge is -2.22. The van der Waals surface area contributed by atoms with E-state index in [0.29, 0.717) is 12.8 Å². The number of benzene rings is 1. The van der Waals surface area contributed by atoms with Gasteiger partial charge >= 0.3 is 5.97 Å². The van der Waals surface area contributed by atoms with Gasteiger partial charge in [0.15, 0.2) is 17.5 Å². The Kier molecular flexibility index (Phi) is 3.95. The molecule has 1 aromatic carbocycles. The fraction of sp³-hybridized carbons (Fsp3) is 0.444. The van der Waals surface area contributed by atoms with Gasteiger partial charge in [-0.05, 0) is 18.8 Å². The first-order valence-corrected chi connectivity index (χ1v) is 8.71. The van der Waals surface area contributed by atoms with Gasteiger partial charge in [0.05, 0.1) is 10.9 Å². The number of hydrogen-bond acceptors (Lipinski definition) is 4. The number of aromatic nitrogens is 1. The number of carboxylic acid groups (broad SMARTS) is 1. The van der Waals surface area contributed by atoms with Crippen LogP contribution in [0.1, 0.15) is 36.2 Å². The van der Waals surface area contributed by atoms with Crippen molar-refractivity contribution in [1.29, 1.82) is 0 Å². The second-order valence-corrected chi connectivity index (χ2v) is 7.38. The van der Waals surface area contributed by atoms with Crippen molar-refractivity contribution in [3.05, 3.63) is 39.4 Å². The van der Waals surface area contributed by atoms with Crippen molar-refractivity contribution in [2.24, 2.45) is 11.7 Å². The Bertz CT molecular complexity index is 1020. The van der Waals surface area contributed by atoms with Gasteiger partial charge in [-0.25, -0.2) is 18.0 Å². The highest BCUT2D eigenvalue weighted by atomic mass is 19.2. The van der Waals surface area contributed by atoms with Crippen LogP contribution >= 0.6 is 0 Å². The molecule has 0 radical (unpaired) electrons. The monoisotopic (exact) mass is 381 g/mol. The topological polar surface area (TPSA) is 88.6 Å². The summed E-state index contributed by atoms with van der Waals surface area (Å²) >= 11 is 0. The number of aromatic carboxylic acids is 1. The molecular weight excluding hydrogens is 363 g/mol. The largest absolute Gasteiger partial charge is 0.477 e. The van der Waals surface area contributed by atoms with Crippen LogP contribution in [0.15, 0.2) is 11.0 Å². The quantitative estimate of drug-likeness (QED) is 0.796. The summed E-state index contributed by atoms with van der Waals surface area (Å²) in [4.78, 5) is 25.1. The van der Waals surface area contributed by atoms with Crippen LogP contribution in [-0.2, 0) is 0 Å². The summed E-state index contributed by atoms with van der Waals surface area (Å²) in [5.41, 5.74) is 3.02. The summed E-state index contributed by atoms with van der Waals surface area (Å²) in [6, 6.07) is -0.569. The second-order valence-electron chi connectivity index (χ2n) is 7.38. The molecule has 0 bridgehead atoms. The van der Waals surface area contributed by atoms with Gasteiger partial charge in [-0.1, -0.05) is 6.92 Å². The van der Waals surface area contributed by atoms with Crippen LogP contribution in [0, 0.1) is 23.4 Å². The number of pyridine rings is 1. The molecule has 0 unspecified atom stereocenters. The molecule has 9 heteroatoms. The predicted octanol–water partition coefficient (Wildman–Crippen LogP) is 2.24. The molecule has 2 fully saturated rings. The number of halogens is 3. The summed E-state index contributed by atoms with van der Waals surface area (Å²) in [5, 5.41) is 8.36. The number of carboxylic acids is 1. The number of carbonyl (C=O) groups is 1. The first-order valence-electron chi connectivity index (χ1n) is 8.71. The van der Waals surface area contributed by atoms with Gasteiger partial charge in [0, 0.05) is 31.4 Å². The lowest BCUT2D eigenvalue weighted by molar-refractivity contribution is 0.0694. The number of fused-ring (bicyclic) bond motifs is 1. The third-order valence-electron chi connectivity index (χ3n) is 5.43. The normalized spacial score (nSPS) is 22.6. The van der Waals surface area contributed by atoms with Gasteiger partial charge in [0.25, 0.3) is 0 Å². The predicted molar refractivity (Wildman–Crippen MR) is 92.7 cm³/mol. The molecule has 2 heterocycles. The van der Waals surface area contributed by atoms with E-state index in [9.17, 15) is 23.5 Å². The van der Waals surface area contributed by atoms with E-state index in [2.05, 4.69) is 0 Å². The van der Waals surface area contributed by atoms with Crippen LogP contribution in [0.3, 0.4) is 0 Å². The minimum atomic E-state index is -1.57. The van der Waals surface area contributed by atoms with Gasteiger partial charge in [-0.2, -0.15) is 0 Å². The molecular formula is C18H18F3N3O3. The van der Waals surface area contributed by atoms with E-state index in [1.807, 2.05) is 6.92 Å².